The van der Waals surface area contributed by atoms with Crippen molar-refractivity contribution in [2.45, 2.75) is 39.3 Å². The number of aryl methyl sites for hydroxylation is 1. The summed E-state index contributed by atoms with van der Waals surface area (Å²) in [6, 6.07) is 5.91. The Morgan fingerprint density at radius 2 is 2.12 bits per heavy atom. The Balaban J connectivity index is 2.63. The molecule has 4 heteroatoms. The molecule has 2 rings (SSSR count). The fourth-order valence-electron chi connectivity index (χ4n) is 2.04. The van der Waals surface area contributed by atoms with Gasteiger partial charge in [0, 0.05) is 23.5 Å². The van der Waals surface area contributed by atoms with E-state index in [-0.39, 0.29) is 12.0 Å². The minimum absolute atomic E-state index is 0.0904. The first-order valence-electron chi connectivity index (χ1n) is 5.95. The lowest BCUT2D eigenvalue weighted by atomic mass is 10.0. The van der Waals surface area contributed by atoms with Gasteiger partial charge >= 0.3 is 0 Å². The van der Waals surface area contributed by atoms with Crippen molar-refractivity contribution in [1.29, 1.82) is 0 Å². The van der Waals surface area contributed by atoms with Gasteiger partial charge in [0.2, 0.25) is 0 Å². The molecular weight excluding hydrogens is 234 g/mol. The van der Waals surface area contributed by atoms with Crippen LogP contribution in [0.25, 0.3) is 11.0 Å². The maximum atomic E-state index is 5.99. The van der Waals surface area contributed by atoms with Gasteiger partial charge in [-0.15, -0.1) is 0 Å². The number of aromatic nitrogens is 2. The van der Waals surface area contributed by atoms with Crippen molar-refractivity contribution >= 4 is 22.6 Å². The Labute approximate surface area is 107 Å². The molecule has 1 aromatic heterocycles. The van der Waals surface area contributed by atoms with Gasteiger partial charge in [0.25, 0.3) is 0 Å². The summed E-state index contributed by atoms with van der Waals surface area (Å²) in [5.74, 6) is 1.28. The smallest absolute Gasteiger partial charge is 0.114 e. The summed E-state index contributed by atoms with van der Waals surface area (Å²) in [5, 5.41) is 0.721. The summed E-state index contributed by atoms with van der Waals surface area (Å²) in [7, 11) is 0. The van der Waals surface area contributed by atoms with Crippen LogP contribution in [0.4, 0.5) is 0 Å². The first-order valence-corrected chi connectivity index (χ1v) is 6.33. The molecule has 2 aromatic rings. The summed E-state index contributed by atoms with van der Waals surface area (Å²) in [6.07, 6.45) is 0. The van der Waals surface area contributed by atoms with Crippen LogP contribution < -0.4 is 5.73 Å². The molecule has 3 nitrogen and oxygen atoms in total. The fourth-order valence-corrected chi connectivity index (χ4v) is 2.20. The van der Waals surface area contributed by atoms with E-state index in [0.717, 1.165) is 28.4 Å². The molecule has 0 aliphatic carbocycles. The summed E-state index contributed by atoms with van der Waals surface area (Å²) in [6.45, 7) is 7.13. The van der Waals surface area contributed by atoms with Crippen LogP contribution in [0.1, 0.15) is 32.5 Å². The molecule has 1 heterocycles. The maximum absolute atomic E-state index is 5.99. The topological polar surface area (TPSA) is 43.8 Å². The van der Waals surface area contributed by atoms with E-state index < -0.39 is 0 Å². The summed E-state index contributed by atoms with van der Waals surface area (Å²) in [5.41, 5.74) is 8.03. The second-order valence-electron chi connectivity index (χ2n) is 4.50. The lowest BCUT2D eigenvalue weighted by molar-refractivity contribution is 0.551. The number of rotatable bonds is 3. The molecule has 1 aromatic carbocycles. The van der Waals surface area contributed by atoms with Crippen LogP contribution in [-0.4, -0.2) is 15.6 Å². The van der Waals surface area contributed by atoms with Crippen molar-refractivity contribution in [2.24, 2.45) is 5.73 Å². The number of fused-ring (bicyclic) bond motifs is 1. The molecule has 0 saturated carbocycles. The van der Waals surface area contributed by atoms with Gasteiger partial charge in [0.1, 0.15) is 5.82 Å². The SMILES string of the molecule is CCn1c(C(C)C(C)N)nc2cc(Cl)ccc21. The second-order valence-corrected chi connectivity index (χ2v) is 4.93. The van der Waals surface area contributed by atoms with Crippen molar-refractivity contribution in [3.8, 4) is 0 Å². The standard InChI is InChI=1S/C13H18ClN3/c1-4-17-12-6-5-10(14)7-11(12)16-13(17)8(2)9(3)15/h5-9H,4,15H2,1-3H3. The van der Waals surface area contributed by atoms with E-state index in [2.05, 4.69) is 23.4 Å². The van der Waals surface area contributed by atoms with Crippen LogP contribution in [0.3, 0.4) is 0 Å². The van der Waals surface area contributed by atoms with Gasteiger partial charge < -0.3 is 10.3 Å². The number of benzene rings is 1. The third-order valence-corrected chi connectivity index (χ3v) is 3.49. The van der Waals surface area contributed by atoms with E-state index in [4.69, 9.17) is 17.3 Å². The number of hydrogen-bond acceptors (Lipinski definition) is 2. The Hall–Kier alpha value is -1.06. The Kier molecular flexibility index (Phi) is 3.40. The van der Waals surface area contributed by atoms with E-state index >= 15 is 0 Å². The molecule has 0 radical (unpaired) electrons. The van der Waals surface area contributed by atoms with Crippen LogP contribution in [0.15, 0.2) is 18.2 Å². The molecule has 2 N–H and O–H groups in total. The van der Waals surface area contributed by atoms with Gasteiger partial charge in [0.15, 0.2) is 0 Å². The van der Waals surface area contributed by atoms with E-state index in [1.165, 1.54) is 0 Å². The van der Waals surface area contributed by atoms with Crippen molar-refractivity contribution < 1.29 is 0 Å². The second kappa shape index (κ2) is 4.67. The van der Waals surface area contributed by atoms with Gasteiger partial charge in [-0.25, -0.2) is 4.98 Å². The predicted octanol–water partition coefficient (Wildman–Crippen LogP) is 3.16. The molecule has 0 saturated heterocycles. The highest BCUT2D eigenvalue weighted by molar-refractivity contribution is 6.31. The molecule has 0 amide bonds. The molecular formula is C13H18ClN3. The zero-order chi connectivity index (χ0) is 12.6. The Morgan fingerprint density at radius 3 is 2.71 bits per heavy atom. The minimum Gasteiger partial charge on any atom is -0.328 e. The van der Waals surface area contributed by atoms with Crippen molar-refractivity contribution in [3.05, 3.63) is 29.0 Å². The highest BCUT2D eigenvalue weighted by Crippen LogP contribution is 2.25. The quantitative estimate of drug-likeness (QED) is 0.911. The largest absolute Gasteiger partial charge is 0.328 e. The molecule has 0 spiro atoms. The third-order valence-electron chi connectivity index (χ3n) is 3.25. The molecule has 17 heavy (non-hydrogen) atoms. The van der Waals surface area contributed by atoms with Crippen LogP contribution in [0.5, 0.6) is 0 Å². The third kappa shape index (κ3) is 2.17. The van der Waals surface area contributed by atoms with Gasteiger partial charge in [-0.1, -0.05) is 18.5 Å². The average Bonchev–Trinajstić information content (AvgIpc) is 2.64. The normalized spacial score (nSPS) is 15.1. The monoisotopic (exact) mass is 251 g/mol. The van der Waals surface area contributed by atoms with Crippen LogP contribution in [-0.2, 0) is 6.54 Å². The van der Waals surface area contributed by atoms with Crippen molar-refractivity contribution in [1.82, 2.24) is 9.55 Å². The summed E-state index contributed by atoms with van der Waals surface area (Å²) in [4.78, 5) is 4.66. The average molecular weight is 252 g/mol. The fraction of sp³-hybridized carbons (Fsp3) is 0.462. The minimum atomic E-state index is 0.0904. The highest BCUT2D eigenvalue weighted by Gasteiger charge is 2.18. The molecule has 2 unspecified atom stereocenters. The lowest BCUT2D eigenvalue weighted by Gasteiger charge is -2.16. The van der Waals surface area contributed by atoms with Crippen molar-refractivity contribution in [2.75, 3.05) is 0 Å². The molecule has 0 fully saturated rings. The maximum Gasteiger partial charge on any atom is 0.114 e. The van der Waals surface area contributed by atoms with Gasteiger partial charge in [-0.3, -0.25) is 0 Å². The number of imidazole rings is 1. The Bertz CT molecular complexity index is 531. The molecule has 0 bridgehead atoms. The molecule has 0 aliphatic rings. The molecule has 2 atom stereocenters. The van der Waals surface area contributed by atoms with E-state index in [0.29, 0.717) is 0 Å². The number of nitrogens with zero attached hydrogens (tertiary/aromatic N) is 2. The zero-order valence-corrected chi connectivity index (χ0v) is 11.2. The van der Waals surface area contributed by atoms with Gasteiger partial charge in [-0.05, 0) is 32.0 Å². The number of halogens is 1. The van der Waals surface area contributed by atoms with E-state index in [1.54, 1.807) is 0 Å². The van der Waals surface area contributed by atoms with Crippen LogP contribution >= 0.6 is 11.6 Å². The van der Waals surface area contributed by atoms with Crippen LogP contribution in [0, 0.1) is 0 Å². The van der Waals surface area contributed by atoms with Crippen molar-refractivity contribution in [3.63, 3.8) is 0 Å². The predicted molar refractivity (Wildman–Crippen MR) is 72.5 cm³/mol. The summed E-state index contributed by atoms with van der Waals surface area (Å²) >= 11 is 5.99. The Morgan fingerprint density at radius 1 is 1.41 bits per heavy atom. The van der Waals surface area contributed by atoms with Gasteiger partial charge in [0.05, 0.1) is 11.0 Å². The molecule has 0 aliphatic heterocycles. The first kappa shape index (κ1) is 12.4. The van der Waals surface area contributed by atoms with E-state index in [1.807, 2.05) is 25.1 Å². The lowest BCUT2D eigenvalue weighted by Crippen LogP contribution is -2.25. The van der Waals surface area contributed by atoms with Gasteiger partial charge in [-0.2, -0.15) is 0 Å². The van der Waals surface area contributed by atoms with Crippen LogP contribution in [0.2, 0.25) is 5.02 Å². The first-order chi connectivity index (χ1) is 8.04. The number of nitrogens with two attached hydrogens (primary N) is 1. The highest BCUT2D eigenvalue weighted by atomic mass is 35.5. The van der Waals surface area contributed by atoms with E-state index in [9.17, 15) is 0 Å². The summed E-state index contributed by atoms with van der Waals surface area (Å²) < 4.78 is 2.21. The molecule has 92 valence electrons. The zero-order valence-electron chi connectivity index (χ0n) is 10.4. The number of hydrogen-bond donors (Lipinski definition) is 1.